The van der Waals surface area contributed by atoms with Crippen LogP contribution in [0.1, 0.15) is 45.4 Å². The Hall–Kier alpha value is -0.630. The van der Waals surface area contributed by atoms with Crippen LogP contribution in [-0.2, 0) is 14.8 Å². The average Bonchev–Trinajstić information content (AvgIpc) is 2.92. The van der Waals surface area contributed by atoms with Crippen LogP contribution in [0.15, 0.2) is 16.3 Å². The Balaban J connectivity index is 1.58. The summed E-state index contributed by atoms with van der Waals surface area (Å²) in [7, 11) is -3.46. The Morgan fingerprint density at radius 3 is 2.27 bits per heavy atom. The number of carbonyl (C=O) groups is 1. The van der Waals surface area contributed by atoms with Gasteiger partial charge in [-0.25, -0.2) is 8.42 Å². The van der Waals surface area contributed by atoms with E-state index in [1.165, 1.54) is 17.1 Å². The molecule has 0 spiro atoms. The summed E-state index contributed by atoms with van der Waals surface area (Å²) in [6.07, 6.45) is 6.08. The Labute approximate surface area is 165 Å². The van der Waals surface area contributed by atoms with Gasteiger partial charge in [0.25, 0.3) is 10.0 Å². The van der Waals surface area contributed by atoms with E-state index in [9.17, 15) is 13.2 Å². The number of hydrogen-bond acceptors (Lipinski definition) is 4. The van der Waals surface area contributed by atoms with Crippen LogP contribution in [-0.4, -0.2) is 49.7 Å². The van der Waals surface area contributed by atoms with Crippen LogP contribution < -0.4 is 0 Å². The molecule has 0 N–H and O–H groups in total. The van der Waals surface area contributed by atoms with Crippen LogP contribution in [0.25, 0.3) is 0 Å². The third-order valence-electron chi connectivity index (χ3n) is 5.66. The fraction of sp³-hybridized carbons (Fsp3) is 0.722. The van der Waals surface area contributed by atoms with Crippen molar-refractivity contribution >= 4 is 38.9 Å². The lowest BCUT2D eigenvalue weighted by molar-refractivity contribution is -0.137. The Morgan fingerprint density at radius 1 is 1.12 bits per heavy atom. The van der Waals surface area contributed by atoms with Crippen molar-refractivity contribution in [3.05, 3.63) is 16.5 Å². The Bertz CT molecular complexity index is 719. The van der Waals surface area contributed by atoms with E-state index < -0.39 is 10.0 Å². The van der Waals surface area contributed by atoms with Crippen molar-refractivity contribution in [3.8, 4) is 0 Å². The zero-order chi connectivity index (χ0) is 18.7. The third-order valence-corrected chi connectivity index (χ3v) is 9.25. The largest absolute Gasteiger partial charge is 0.342 e. The molecule has 0 radical (unpaired) electrons. The first-order valence-corrected chi connectivity index (χ1v) is 12.1. The maximum absolute atomic E-state index is 12.8. The fourth-order valence-electron chi connectivity index (χ4n) is 3.96. The first-order chi connectivity index (χ1) is 12.4. The van der Waals surface area contributed by atoms with Gasteiger partial charge >= 0.3 is 0 Å². The maximum atomic E-state index is 12.8. The van der Waals surface area contributed by atoms with Crippen molar-refractivity contribution in [1.29, 1.82) is 0 Å². The van der Waals surface area contributed by atoms with E-state index in [0.717, 1.165) is 50.1 Å². The molecule has 1 amide bonds. The van der Waals surface area contributed by atoms with Gasteiger partial charge in [-0.05, 0) is 43.7 Å². The van der Waals surface area contributed by atoms with Crippen molar-refractivity contribution in [2.24, 2.45) is 11.8 Å². The van der Waals surface area contributed by atoms with Gasteiger partial charge in [0.15, 0.2) is 0 Å². The lowest BCUT2D eigenvalue weighted by Crippen LogP contribution is -2.44. The predicted octanol–water partition coefficient (Wildman–Crippen LogP) is 3.84. The molecule has 1 unspecified atom stereocenters. The van der Waals surface area contributed by atoms with E-state index in [-0.39, 0.29) is 17.7 Å². The number of sulfonamides is 1. The average molecular weight is 419 g/mol. The first kappa shape index (κ1) is 20.1. The number of likely N-dealkylation sites (tertiary alicyclic amines) is 1. The Morgan fingerprint density at radius 2 is 1.73 bits per heavy atom. The quantitative estimate of drug-likeness (QED) is 0.746. The first-order valence-electron chi connectivity index (χ1n) is 9.44. The van der Waals surface area contributed by atoms with Gasteiger partial charge in [-0.1, -0.05) is 31.4 Å². The molecule has 1 aromatic rings. The van der Waals surface area contributed by atoms with Gasteiger partial charge < -0.3 is 4.90 Å². The molecule has 3 heterocycles. The van der Waals surface area contributed by atoms with Crippen LogP contribution in [0.5, 0.6) is 0 Å². The molecule has 26 heavy (non-hydrogen) atoms. The summed E-state index contributed by atoms with van der Waals surface area (Å²) in [5, 5.41) is 0. The summed E-state index contributed by atoms with van der Waals surface area (Å²) in [5.74, 6) is 0.469. The van der Waals surface area contributed by atoms with Crippen LogP contribution in [0.4, 0.5) is 0 Å². The molecule has 0 aromatic carbocycles. The smallest absolute Gasteiger partial charge is 0.252 e. The van der Waals surface area contributed by atoms with E-state index in [1.54, 1.807) is 12.1 Å². The molecule has 146 valence electrons. The molecular formula is C18H27ClN2O3S2. The van der Waals surface area contributed by atoms with Gasteiger partial charge in [-0.2, -0.15) is 4.31 Å². The van der Waals surface area contributed by atoms with Gasteiger partial charge in [0.1, 0.15) is 4.21 Å². The van der Waals surface area contributed by atoms with Crippen molar-refractivity contribution in [1.82, 2.24) is 9.21 Å². The lowest BCUT2D eigenvalue weighted by atomic mass is 9.85. The SMILES string of the molecule is CC(C(=O)N1CCCCCC1)C1CCN(S(=O)(=O)c2ccc(Cl)s2)CC1. The highest BCUT2D eigenvalue weighted by Crippen LogP contribution is 2.33. The van der Waals surface area contributed by atoms with Gasteiger partial charge in [0.2, 0.25) is 5.91 Å². The number of carbonyl (C=O) groups excluding carboxylic acids is 1. The van der Waals surface area contributed by atoms with Crippen molar-refractivity contribution < 1.29 is 13.2 Å². The third kappa shape index (κ3) is 4.43. The molecule has 2 aliphatic heterocycles. The molecule has 0 aliphatic carbocycles. The molecule has 1 aromatic heterocycles. The van der Waals surface area contributed by atoms with E-state index >= 15 is 0 Å². The normalized spacial score (nSPS) is 22.2. The van der Waals surface area contributed by atoms with Crippen LogP contribution in [0.3, 0.4) is 0 Å². The zero-order valence-corrected chi connectivity index (χ0v) is 17.6. The zero-order valence-electron chi connectivity index (χ0n) is 15.2. The minimum atomic E-state index is -3.46. The number of piperidine rings is 1. The number of rotatable bonds is 4. The van der Waals surface area contributed by atoms with E-state index in [0.29, 0.717) is 21.6 Å². The summed E-state index contributed by atoms with van der Waals surface area (Å²) >= 11 is 6.98. The minimum absolute atomic E-state index is 0.0332. The molecule has 2 fully saturated rings. The molecule has 5 nitrogen and oxygen atoms in total. The highest BCUT2D eigenvalue weighted by Gasteiger charge is 2.35. The van der Waals surface area contributed by atoms with Crippen LogP contribution in [0, 0.1) is 11.8 Å². The number of halogens is 1. The fourth-order valence-corrected chi connectivity index (χ4v) is 7.07. The standard InChI is InChI=1S/C18H27ClN2O3S2/c1-14(18(22)20-10-4-2-3-5-11-20)15-8-12-21(13-9-15)26(23,24)17-7-6-16(19)25-17/h6-7,14-15H,2-5,8-13H2,1H3. The van der Waals surface area contributed by atoms with Crippen molar-refractivity contribution in [2.75, 3.05) is 26.2 Å². The number of thiophene rings is 1. The van der Waals surface area contributed by atoms with Gasteiger partial charge in [0.05, 0.1) is 4.34 Å². The minimum Gasteiger partial charge on any atom is -0.342 e. The lowest BCUT2D eigenvalue weighted by Gasteiger charge is -2.35. The molecule has 1 atom stereocenters. The highest BCUT2D eigenvalue weighted by molar-refractivity contribution is 7.91. The van der Waals surface area contributed by atoms with Gasteiger partial charge in [-0.15, -0.1) is 11.3 Å². The van der Waals surface area contributed by atoms with E-state index in [4.69, 9.17) is 11.6 Å². The van der Waals surface area contributed by atoms with Gasteiger partial charge in [0, 0.05) is 32.1 Å². The molecule has 2 aliphatic rings. The second-order valence-electron chi connectivity index (χ2n) is 7.33. The number of hydrogen-bond donors (Lipinski definition) is 0. The summed E-state index contributed by atoms with van der Waals surface area (Å²) in [4.78, 5) is 14.9. The summed E-state index contributed by atoms with van der Waals surface area (Å²) in [6.45, 7) is 4.70. The molecule has 8 heteroatoms. The van der Waals surface area contributed by atoms with Crippen LogP contribution >= 0.6 is 22.9 Å². The second-order valence-corrected chi connectivity index (χ2v) is 11.2. The molecule has 0 bridgehead atoms. The van der Waals surface area contributed by atoms with Gasteiger partial charge in [-0.3, -0.25) is 4.79 Å². The topological polar surface area (TPSA) is 57.7 Å². The summed E-state index contributed by atoms with van der Waals surface area (Å²) < 4.78 is 27.7. The monoisotopic (exact) mass is 418 g/mol. The van der Waals surface area contributed by atoms with E-state index in [1.807, 2.05) is 11.8 Å². The highest BCUT2D eigenvalue weighted by atomic mass is 35.5. The molecule has 2 saturated heterocycles. The Kier molecular flexibility index (Phi) is 6.64. The second kappa shape index (κ2) is 8.59. The predicted molar refractivity (Wildman–Crippen MR) is 105 cm³/mol. The summed E-state index contributed by atoms with van der Waals surface area (Å²) in [5.41, 5.74) is 0. The van der Waals surface area contributed by atoms with Crippen LogP contribution in [0.2, 0.25) is 4.34 Å². The number of nitrogens with zero attached hydrogens (tertiary/aromatic N) is 2. The van der Waals surface area contributed by atoms with Crippen molar-refractivity contribution in [3.63, 3.8) is 0 Å². The maximum Gasteiger partial charge on any atom is 0.252 e. The van der Waals surface area contributed by atoms with Crippen molar-refractivity contribution in [2.45, 2.75) is 49.7 Å². The molecule has 0 saturated carbocycles. The molecular weight excluding hydrogens is 392 g/mol. The summed E-state index contributed by atoms with van der Waals surface area (Å²) in [6, 6.07) is 3.19. The molecule has 3 rings (SSSR count). The van der Waals surface area contributed by atoms with E-state index in [2.05, 4.69) is 0 Å². The number of amides is 1.